The third-order valence-electron chi connectivity index (χ3n) is 5.60. The molecule has 1 aliphatic heterocycles. The third-order valence-corrected chi connectivity index (χ3v) is 5.60. The average molecular weight is 530 g/mol. The van der Waals surface area contributed by atoms with Crippen LogP contribution in [-0.2, 0) is 9.47 Å². The number of guanidine groups is 1. The van der Waals surface area contributed by atoms with Crippen LogP contribution < -0.4 is 10.6 Å². The SMILES string of the molecule is CCOC(=O)NC(CNC(=NC)N1CCOC(c2ccc(C)cc2C)C1)C1CC1.I. The maximum absolute atomic E-state index is 11.8. The van der Waals surface area contributed by atoms with Crippen molar-refractivity contribution < 1.29 is 14.3 Å². The zero-order chi connectivity index (χ0) is 20.8. The fourth-order valence-electron chi connectivity index (χ4n) is 3.91. The molecular weight excluding hydrogens is 495 g/mol. The summed E-state index contributed by atoms with van der Waals surface area (Å²) in [6.45, 7) is 9.29. The summed E-state index contributed by atoms with van der Waals surface area (Å²) in [5, 5.41) is 6.44. The average Bonchev–Trinajstić information content (AvgIpc) is 3.53. The number of aliphatic imine (C=N–C) groups is 1. The molecule has 1 saturated heterocycles. The molecule has 7 nitrogen and oxygen atoms in total. The van der Waals surface area contributed by atoms with E-state index in [-0.39, 0.29) is 42.2 Å². The standard InChI is InChI=1S/C22H34N4O3.HI/c1-5-28-22(27)25-19(17-7-8-17)13-24-21(23-4)26-10-11-29-20(14-26)18-9-6-15(2)12-16(18)3;/h6,9,12,17,19-20H,5,7-8,10-11,13-14H2,1-4H3,(H,23,24)(H,25,27);1H. The van der Waals surface area contributed by atoms with Crippen molar-refractivity contribution in [2.45, 2.75) is 45.8 Å². The Bertz CT molecular complexity index is 739. The number of aryl methyl sites for hydroxylation is 2. The number of nitrogens with one attached hydrogen (secondary N) is 2. The summed E-state index contributed by atoms with van der Waals surface area (Å²) in [7, 11) is 1.80. The summed E-state index contributed by atoms with van der Waals surface area (Å²) < 4.78 is 11.1. The van der Waals surface area contributed by atoms with E-state index in [2.05, 4.69) is 52.6 Å². The number of alkyl carbamates (subject to hydrolysis) is 1. The van der Waals surface area contributed by atoms with E-state index in [4.69, 9.17) is 9.47 Å². The maximum Gasteiger partial charge on any atom is 0.407 e. The lowest BCUT2D eigenvalue weighted by Crippen LogP contribution is -2.52. The maximum atomic E-state index is 11.8. The van der Waals surface area contributed by atoms with Crippen molar-refractivity contribution >= 4 is 36.0 Å². The van der Waals surface area contributed by atoms with Crippen molar-refractivity contribution in [1.29, 1.82) is 0 Å². The van der Waals surface area contributed by atoms with E-state index in [9.17, 15) is 4.79 Å². The molecular formula is C22H35IN4O3. The van der Waals surface area contributed by atoms with Crippen LogP contribution in [0.4, 0.5) is 4.79 Å². The molecule has 0 spiro atoms. The van der Waals surface area contributed by atoms with Crippen molar-refractivity contribution in [3.8, 4) is 0 Å². The van der Waals surface area contributed by atoms with Gasteiger partial charge in [0.25, 0.3) is 0 Å². The number of hydrogen-bond acceptors (Lipinski definition) is 4. The minimum atomic E-state index is -0.345. The van der Waals surface area contributed by atoms with E-state index in [0.717, 1.165) is 31.9 Å². The fourth-order valence-corrected chi connectivity index (χ4v) is 3.91. The quantitative estimate of drug-likeness (QED) is 0.335. The molecule has 0 radical (unpaired) electrons. The Hall–Kier alpha value is -1.55. The van der Waals surface area contributed by atoms with Crippen LogP contribution >= 0.6 is 24.0 Å². The van der Waals surface area contributed by atoms with Gasteiger partial charge in [-0.2, -0.15) is 0 Å². The Kier molecular flexibility index (Phi) is 9.67. The Morgan fingerprint density at radius 3 is 2.77 bits per heavy atom. The van der Waals surface area contributed by atoms with Gasteiger partial charge in [-0.05, 0) is 50.7 Å². The van der Waals surface area contributed by atoms with Gasteiger partial charge in [0.15, 0.2) is 5.96 Å². The summed E-state index contributed by atoms with van der Waals surface area (Å²) in [6.07, 6.45) is 1.97. The lowest BCUT2D eigenvalue weighted by atomic mass is 10.00. The highest BCUT2D eigenvalue weighted by Crippen LogP contribution is 2.32. The van der Waals surface area contributed by atoms with E-state index in [0.29, 0.717) is 25.7 Å². The lowest BCUT2D eigenvalue weighted by molar-refractivity contribution is -0.00835. The number of nitrogens with zero attached hydrogens (tertiary/aromatic N) is 2. The summed E-state index contributed by atoms with van der Waals surface area (Å²) in [6, 6.07) is 6.56. The Morgan fingerprint density at radius 1 is 1.37 bits per heavy atom. The highest BCUT2D eigenvalue weighted by molar-refractivity contribution is 14.0. The van der Waals surface area contributed by atoms with E-state index < -0.39 is 0 Å². The number of amides is 1. The van der Waals surface area contributed by atoms with E-state index in [1.165, 1.54) is 16.7 Å². The molecule has 2 unspecified atom stereocenters. The van der Waals surface area contributed by atoms with E-state index >= 15 is 0 Å². The van der Waals surface area contributed by atoms with Gasteiger partial charge in [0.05, 0.1) is 25.8 Å². The third kappa shape index (κ3) is 6.73. The van der Waals surface area contributed by atoms with Gasteiger partial charge in [-0.15, -0.1) is 24.0 Å². The number of morpholine rings is 1. The first-order valence-corrected chi connectivity index (χ1v) is 10.6. The molecule has 1 amide bonds. The molecule has 2 aliphatic rings. The second kappa shape index (κ2) is 11.7. The van der Waals surface area contributed by atoms with Crippen LogP contribution in [0.25, 0.3) is 0 Å². The van der Waals surface area contributed by atoms with Gasteiger partial charge in [-0.3, -0.25) is 4.99 Å². The van der Waals surface area contributed by atoms with Crippen LogP contribution in [0.5, 0.6) is 0 Å². The van der Waals surface area contributed by atoms with Crippen molar-refractivity contribution in [2.24, 2.45) is 10.9 Å². The van der Waals surface area contributed by atoms with E-state index in [1.807, 2.05) is 6.92 Å². The highest BCUT2D eigenvalue weighted by atomic mass is 127. The lowest BCUT2D eigenvalue weighted by Gasteiger charge is -2.36. The van der Waals surface area contributed by atoms with Gasteiger partial charge in [-0.25, -0.2) is 4.79 Å². The van der Waals surface area contributed by atoms with Crippen LogP contribution in [0.2, 0.25) is 0 Å². The summed E-state index contributed by atoms with van der Waals surface area (Å²) in [5.41, 5.74) is 3.75. The summed E-state index contributed by atoms with van der Waals surface area (Å²) in [4.78, 5) is 18.6. The molecule has 2 atom stereocenters. The normalized spacial score (nSPS) is 20.2. The first-order chi connectivity index (χ1) is 14.0. The van der Waals surface area contributed by atoms with Gasteiger partial charge in [0.1, 0.15) is 6.10 Å². The number of benzene rings is 1. The number of ether oxygens (including phenoxy) is 2. The number of halogens is 1. The zero-order valence-corrected chi connectivity index (χ0v) is 20.8. The van der Waals surface area contributed by atoms with Crippen LogP contribution in [0, 0.1) is 19.8 Å². The van der Waals surface area contributed by atoms with Gasteiger partial charge < -0.3 is 25.0 Å². The molecule has 1 aliphatic carbocycles. The number of carbonyl (C=O) groups excluding carboxylic acids is 1. The first kappa shape index (κ1) is 24.7. The Balaban J connectivity index is 0.00000320. The van der Waals surface area contributed by atoms with Crippen LogP contribution in [0.15, 0.2) is 23.2 Å². The number of hydrogen-bond donors (Lipinski definition) is 2. The van der Waals surface area contributed by atoms with Crippen molar-refractivity contribution in [3.05, 3.63) is 34.9 Å². The molecule has 2 fully saturated rings. The number of rotatable bonds is 6. The molecule has 0 aromatic heterocycles. The first-order valence-electron chi connectivity index (χ1n) is 10.6. The van der Waals surface area contributed by atoms with Gasteiger partial charge >= 0.3 is 6.09 Å². The topological polar surface area (TPSA) is 75.2 Å². The zero-order valence-electron chi connectivity index (χ0n) is 18.4. The van der Waals surface area contributed by atoms with Crippen LogP contribution in [-0.4, -0.2) is 62.9 Å². The monoisotopic (exact) mass is 530 g/mol. The molecule has 8 heteroatoms. The summed E-state index contributed by atoms with van der Waals surface area (Å²) in [5.74, 6) is 1.36. The molecule has 168 valence electrons. The second-order valence-electron chi connectivity index (χ2n) is 7.90. The minimum absolute atomic E-state index is 0. The molecule has 2 N–H and O–H groups in total. The predicted molar refractivity (Wildman–Crippen MR) is 130 cm³/mol. The molecule has 30 heavy (non-hydrogen) atoms. The van der Waals surface area contributed by atoms with Crippen molar-refractivity contribution in [1.82, 2.24) is 15.5 Å². The second-order valence-corrected chi connectivity index (χ2v) is 7.90. The predicted octanol–water partition coefficient (Wildman–Crippen LogP) is 3.39. The summed E-state index contributed by atoms with van der Waals surface area (Å²) >= 11 is 0. The fraction of sp³-hybridized carbons (Fsp3) is 0.636. The minimum Gasteiger partial charge on any atom is -0.450 e. The number of carbonyl (C=O) groups is 1. The molecule has 1 saturated carbocycles. The molecule has 3 rings (SSSR count). The van der Waals surface area contributed by atoms with Crippen molar-refractivity contribution in [2.75, 3.05) is 39.9 Å². The smallest absolute Gasteiger partial charge is 0.407 e. The van der Waals surface area contributed by atoms with Crippen LogP contribution in [0.1, 0.15) is 42.6 Å². The Morgan fingerprint density at radius 2 is 2.13 bits per heavy atom. The van der Waals surface area contributed by atoms with E-state index in [1.54, 1.807) is 7.05 Å². The molecule has 1 aromatic rings. The van der Waals surface area contributed by atoms with Gasteiger partial charge in [0.2, 0.25) is 0 Å². The largest absolute Gasteiger partial charge is 0.450 e. The van der Waals surface area contributed by atoms with Gasteiger partial charge in [0, 0.05) is 20.1 Å². The molecule has 1 aromatic carbocycles. The molecule has 0 bridgehead atoms. The molecule has 1 heterocycles. The Labute approximate surface area is 197 Å². The van der Waals surface area contributed by atoms with Crippen LogP contribution in [0.3, 0.4) is 0 Å². The van der Waals surface area contributed by atoms with Crippen molar-refractivity contribution in [3.63, 3.8) is 0 Å². The van der Waals surface area contributed by atoms with Gasteiger partial charge in [-0.1, -0.05) is 23.8 Å². The highest BCUT2D eigenvalue weighted by Gasteiger charge is 2.33.